The van der Waals surface area contributed by atoms with Crippen molar-refractivity contribution in [3.63, 3.8) is 0 Å². The Morgan fingerprint density at radius 3 is 3.00 bits per heavy atom. The number of hydrogen-bond donors (Lipinski definition) is 2. The number of rotatable bonds is 3. The fourth-order valence-corrected chi connectivity index (χ4v) is 1.51. The first-order chi connectivity index (χ1) is 8.22. The number of anilines is 1. The summed E-state index contributed by atoms with van der Waals surface area (Å²) in [6, 6.07) is 1.87. The quantitative estimate of drug-likeness (QED) is 0.549. The Kier molecular flexibility index (Phi) is 3.38. The van der Waals surface area contributed by atoms with E-state index in [4.69, 9.17) is 0 Å². The molecule has 1 aliphatic heterocycles. The summed E-state index contributed by atoms with van der Waals surface area (Å²) in [5.74, 6) is -1.15. The molecule has 0 spiro atoms. The average Bonchev–Trinajstić information content (AvgIpc) is 2.64. The fraction of sp³-hybridized carbons (Fsp3) is 0.500. The van der Waals surface area contributed by atoms with Gasteiger partial charge in [-0.15, -0.1) is 0 Å². The van der Waals surface area contributed by atoms with Crippen LogP contribution in [0, 0.1) is 0 Å². The second kappa shape index (κ2) is 4.96. The summed E-state index contributed by atoms with van der Waals surface area (Å²) in [5, 5.41) is 9.70. The lowest BCUT2D eigenvalue weighted by Gasteiger charge is -2.28. The molecule has 2 heterocycles. The maximum Gasteiger partial charge on any atom is 0.397 e. The average molecular weight is 238 g/mol. The van der Waals surface area contributed by atoms with Gasteiger partial charge in [0.2, 0.25) is 0 Å². The Morgan fingerprint density at radius 1 is 1.65 bits per heavy atom. The topological polar surface area (TPSA) is 85.2 Å². The van der Waals surface area contributed by atoms with Gasteiger partial charge in [-0.3, -0.25) is 4.79 Å². The van der Waals surface area contributed by atoms with Gasteiger partial charge in [-0.2, -0.15) is 5.10 Å². The SMILES string of the molecule is CCOC(=O)C(=O)Nc1ccnn1C1CNC1. The van der Waals surface area contributed by atoms with E-state index >= 15 is 0 Å². The summed E-state index contributed by atoms with van der Waals surface area (Å²) in [4.78, 5) is 22.6. The van der Waals surface area contributed by atoms with Crippen molar-refractivity contribution in [3.05, 3.63) is 12.3 Å². The van der Waals surface area contributed by atoms with E-state index in [0.29, 0.717) is 5.82 Å². The number of carbonyl (C=O) groups is 2. The summed E-state index contributed by atoms with van der Waals surface area (Å²) in [6.45, 7) is 3.45. The van der Waals surface area contributed by atoms with Gasteiger partial charge in [-0.25, -0.2) is 9.48 Å². The molecule has 7 heteroatoms. The molecule has 1 amide bonds. The molecular formula is C10H14N4O3. The van der Waals surface area contributed by atoms with Crippen molar-refractivity contribution in [2.24, 2.45) is 0 Å². The Balaban J connectivity index is 2.00. The van der Waals surface area contributed by atoms with Crippen LogP contribution in [0.2, 0.25) is 0 Å². The van der Waals surface area contributed by atoms with Crippen LogP contribution < -0.4 is 10.6 Å². The Bertz CT molecular complexity index is 425. The number of nitrogens with zero attached hydrogens (tertiary/aromatic N) is 2. The van der Waals surface area contributed by atoms with Crippen LogP contribution in [0.4, 0.5) is 5.82 Å². The molecule has 0 aliphatic carbocycles. The Labute approximate surface area is 98.1 Å². The van der Waals surface area contributed by atoms with Crippen molar-refractivity contribution < 1.29 is 14.3 Å². The number of nitrogens with one attached hydrogen (secondary N) is 2. The van der Waals surface area contributed by atoms with Crippen molar-refractivity contribution in [3.8, 4) is 0 Å². The third-order valence-electron chi connectivity index (χ3n) is 2.48. The largest absolute Gasteiger partial charge is 0.459 e. The monoisotopic (exact) mass is 238 g/mol. The number of ether oxygens (including phenoxy) is 1. The Hall–Kier alpha value is -1.89. The van der Waals surface area contributed by atoms with Crippen LogP contribution in [0.5, 0.6) is 0 Å². The summed E-state index contributed by atoms with van der Waals surface area (Å²) in [5.41, 5.74) is 0. The van der Waals surface area contributed by atoms with Crippen molar-refractivity contribution in [1.82, 2.24) is 15.1 Å². The lowest BCUT2D eigenvalue weighted by molar-refractivity contribution is -0.152. The van der Waals surface area contributed by atoms with E-state index in [0.717, 1.165) is 13.1 Å². The maximum atomic E-state index is 11.4. The zero-order chi connectivity index (χ0) is 12.3. The van der Waals surface area contributed by atoms with Crippen LogP contribution in [0.15, 0.2) is 12.3 Å². The molecule has 0 unspecified atom stereocenters. The predicted octanol–water partition coefficient (Wildman–Crippen LogP) is -0.471. The van der Waals surface area contributed by atoms with E-state index in [1.54, 1.807) is 23.9 Å². The summed E-state index contributed by atoms with van der Waals surface area (Å²) in [6.07, 6.45) is 1.58. The van der Waals surface area contributed by atoms with E-state index in [1.807, 2.05) is 0 Å². The molecule has 2 N–H and O–H groups in total. The number of esters is 1. The Morgan fingerprint density at radius 2 is 2.41 bits per heavy atom. The van der Waals surface area contributed by atoms with Gasteiger partial charge in [0, 0.05) is 19.2 Å². The molecule has 2 rings (SSSR count). The fourth-order valence-electron chi connectivity index (χ4n) is 1.51. The normalized spacial score (nSPS) is 15.1. The molecule has 0 bridgehead atoms. The third kappa shape index (κ3) is 2.44. The smallest absolute Gasteiger partial charge is 0.397 e. The zero-order valence-corrected chi connectivity index (χ0v) is 9.47. The highest BCUT2D eigenvalue weighted by molar-refractivity contribution is 6.37. The third-order valence-corrected chi connectivity index (χ3v) is 2.48. The minimum Gasteiger partial charge on any atom is -0.459 e. The van der Waals surface area contributed by atoms with Crippen molar-refractivity contribution in [1.29, 1.82) is 0 Å². The van der Waals surface area contributed by atoms with Crippen LogP contribution in [-0.4, -0.2) is 41.4 Å². The van der Waals surface area contributed by atoms with E-state index in [1.165, 1.54) is 0 Å². The number of amides is 1. The van der Waals surface area contributed by atoms with Crippen LogP contribution >= 0.6 is 0 Å². The molecule has 1 aromatic heterocycles. The highest BCUT2D eigenvalue weighted by Crippen LogP contribution is 2.17. The maximum absolute atomic E-state index is 11.4. The molecule has 0 aromatic carbocycles. The summed E-state index contributed by atoms with van der Waals surface area (Å²) in [7, 11) is 0. The molecule has 7 nitrogen and oxygen atoms in total. The first-order valence-electron chi connectivity index (χ1n) is 5.44. The van der Waals surface area contributed by atoms with Gasteiger partial charge in [-0.05, 0) is 6.92 Å². The number of aromatic nitrogens is 2. The van der Waals surface area contributed by atoms with E-state index in [-0.39, 0.29) is 12.6 Å². The van der Waals surface area contributed by atoms with E-state index in [9.17, 15) is 9.59 Å². The van der Waals surface area contributed by atoms with Crippen molar-refractivity contribution in [2.75, 3.05) is 25.0 Å². The van der Waals surface area contributed by atoms with Gasteiger partial charge < -0.3 is 15.4 Å². The van der Waals surface area contributed by atoms with Crippen molar-refractivity contribution >= 4 is 17.7 Å². The second-order valence-electron chi connectivity index (χ2n) is 3.65. The lowest BCUT2D eigenvalue weighted by atomic mass is 10.2. The second-order valence-corrected chi connectivity index (χ2v) is 3.65. The molecule has 0 atom stereocenters. The van der Waals surface area contributed by atoms with E-state index < -0.39 is 11.9 Å². The minimum absolute atomic E-state index is 0.179. The highest BCUT2D eigenvalue weighted by atomic mass is 16.5. The van der Waals surface area contributed by atoms with Gasteiger partial charge in [0.25, 0.3) is 0 Å². The standard InChI is InChI=1S/C10H14N4O3/c1-2-17-10(16)9(15)13-8-3-4-12-14(8)7-5-11-6-7/h3-4,7,11H,2,5-6H2,1H3,(H,13,15). The van der Waals surface area contributed by atoms with Gasteiger partial charge in [-0.1, -0.05) is 0 Å². The molecule has 1 aromatic rings. The zero-order valence-electron chi connectivity index (χ0n) is 9.47. The van der Waals surface area contributed by atoms with Crippen LogP contribution in [0.1, 0.15) is 13.0 Å². The molecule has 0 radical (unpaired) electrons. The first-order valence-corrected chi connectivity index (χ1v) is 5.44. The molecule has 92 valence electrons. The lowest BCUT2D eigenvalue weighted by Crippen LogP contribution is -2.44. The van der Waals surface area contributed by atoms with Gasteiger partial charge in [0.05, 0.1) is 18.8 Å². The predicted molar refractivity (Wildman–Crippen MR) is 59.4 cm³/mol. The van der Waals surface area contributed by atoms with E-state index in [2.05, 4.69) is 20.5 Å². The molecular weight excluding hydrogens is 224 g/mol. The van der Waals surface area contributed by atoms with Gasteiger partial charge >= 0.3 is 11.9 Å². The first kappa shape index (κ1) is 11.6. The van der Waals surface area contributed by atoms with Gasteiger partial charge in [0.15, 0.2) is 0 Å². The van der Waals surface area contributed by atoms with Crippen LogP contribution in [0.3, 0.4) is 0 Å². The number of hydrogen-bond acceptors (Lipinski definition) is 5. The highest BCUT2D eigenvalue weighted by Gasteiger charge is 2.23. The molecule has 1 aliphatic rings. The minimum atomic E-state index is -0.882. The summed E-state index contributed by atoms with van der Waals surface area (Å²) < 4.78 is 6.29. The molecule has 17 heavy (non-hydrogen) atoms. The molecule has 1 fully saturated rings. The molecule has 1 saturated heterocycles. The van der Waals surface area contributed by atoms with Crippen molar-refractivity contribution in [2.45, 2.75) is 13.0 Å². The van der Waals surface area contributed by atoms with Crippen LogP contribution in [0.25, 0.3) is 0 Å². The number of carbonyl (C=O) groups excluding carboxylic acids is 2. The van der Waals surface area contributed by atoms with Gasteiger partial charge in [0.1, 0.15) is 5.82 Å². The summed E-state index contributed by atoms with van der Waals surface area (Å²) >= 11 is 0. The molecule has 0 saturated carbocycles. The van der Waals surface area contributed by atoms with Crippen LogP contribution in [-0.2, 0) is 14.3 Å².